The van der Waals surface area contributed by atoms with Crippen LogP contribution in [0.4, 0.5) is 17.1 Å². The molecule has 0 spiro atoms. The maximum absolute atomic E-state index is 13.1. The van der Waals surface area contributed by atoms with Crippen molar-refractivity contribution in [2.75, 3.05) is 10.6 Å². The Kier molecular flexibility index (Phi) is 5.94. The highest BCUT2D eigenvalue weighted by molar-refractivity contribution is 6.42. The molecule has 5 heteroatoms. The number of amides is 2. The van der Waals surface area contributed by atoms with Crippen molar-refractivity contribution in [3.05, 3.63) is 54.6 Å². The van der Waals surface area contributed by atoms with Crippen molar-refractivity contribution in [3.63, 3.8) is 0 Å². The van der Waals surface area contributed by atoms with Crippen molar-refractivity contribution in [2.45, 2.75) is 46.6 Å². The van der Waals surface area contributed by atoms with Crippen LogP contribution in [0, 0.1) is 5.41 Å². The van der Waals surface area contributed by atoms with Crippen LogP contribution in [0.3, 0.4) is 0 Å². The van der Waals surface area contributed by atoms with Gasteiger partial charge in [-0.15, -0.1) is 0 Å². The van der Waals surface area contributed by atoms with Crippen LogP contribution >= 0.6 is 0 Å². The van der Waals surface area contributed by atoms with Crippen LogP contribution in [-0.2, 0) is 9.59 Å². The van der Waals surface area contributed by atoms with Gasteiger partial charge in [-0.3, -0.25) is 14.5 Å². The molecule has 0 bridgehead atoms. The fourth-order valence-corrected chi connectivity index (χ4v) is 3.42. The number of benzene rings is 2. The van der Waals surface area contributed by atoms with Crippen LogP contribution in [0.5, 0.6) is 0 Å². The number of nitrogen functional groups attached to an aromatic ring is 1. The zero-order valence-corrected chi connectivity index (χ0v) is 16.7. The first-order valence-corrected chi connectivity index (χ1v) is 9.06. The number of rotatable bonds is 4. The lowest BCUT2D eigenvalue weighted by molar-refractivity contribution is -0.138. The summed E-state index contributed by atoms with van der Waals surface area (Å²) in [6, 6.07) is 16.0. The molecule has 0 heterocycles. The Hall–Kier alpha value is -2.82. The van der Waals surface area contributed by atoms with E-state index in [2.05, 4.69) is 26.1 Å². The summed E-state index contributed by atoms with van der Waals surface area (Å²) >= 11 is 0. The van der Waals surface area contributed by atoms with Gasteiger partial charge in [-0.1, -0.05) is 39.0 Å². The van der Waals surface area contributed by atoms with Crippen molar-refractivity contribution in [1.29, 1.82) is 0 Å². The molecule has 2 aromatic carbocycles. The predicted octanol–water partition coefficient (Wildman–Crippen LogP) is 4.26. The van der Waals surface area contributed by atoms with Gasteiger partial charge in [0, 0.05) is 22.6 Å². The van der Waals surface area contributed by atoms with E-state index in [1.807, 2.05) is 32.0 Å². The van der Waals surface area contributed by atoms with Gasteiger partial charge in [0.2, 0.25) is 0 Å². The molecule has 144 valence electrons. The van der Waals surface area contributed by atoms with Gasteiger partial charge in [-0.2, -0.15) is 0 Å². The van der Waals surface area contributed by atoms with Crippen LogP contribution in [0.25, 0.3) is 0 Å². The largest absolute Gasteiger partial charge is 0.399 e. The second kappa shape index (κ2) is 7.82. The molecule has 0 saturated heterocycles. The number of para-hydroxylation sites is 1. The van der Waals surface area contributed by atoms with E-state index in [4.69, 9.17) is 5.73 Å². The predicted molar refractivity (Wildman–Crippen MR) is 111 cm³/mol. The molecular formula is C22H29N3O2. The van der Waals surface area contributed by atoms with Crippen molar-refractivity contribution in [2.24, 2.45) is 5.41 Å². The van der Waals surface area contributed by atoms with Gasteiger partial charge in [-0.05, 0) is 62.1 Å². The van der Waals surface area contributed by atoms with Crippen LogP contribution in [0.15, 0.2) is 54.6 Å². The molecular weight excluding hydrogens is 338 g/mol. The molecule has 0 aromatic heterocycles. The van der Waals surface area contributed by atoms with Gasteiger partial charge < -0.3 is 11.1 Å². The third-order valence-electron chi connectivity index (χ3n) is 3.99. The van der Waals surface area contributed by atoms with E-state index in [1.54, 1.807) is 36.4 Å². The normalized spacial score (nSPS) is 11.7. The Balaban J connectivity index is 2.31. The van der Waals surface area contributed by atoms with Crippen molar-refractivity contribution < 1.29 is 9.59 Å². The van der Waals surface area contributed by atoms with Crippen molar-refractivity contribution in [1.82, 2.24) is 5.32 Å². The van der Waals surface area contributed by atoms with Crippen LogP contribution in [0.2, 0.25) is 0 Å². The number of carbonyl (C=O) groups is 2. The fourth-order valence-electron chi connectivity index (χ4n) is 3.42. The monoisotopic (exact) mass is 367 g/mol. The Morgan fingerprint density at radius 1 is 0.889 bits per heavy atom. The average molecular weight is 367 g/mol. The molecule has 2 amide bonds. The summed E-state index contributed by atoms with van der Waals surface area (Å²) in [6.45, 7) is 10.2. The summed E-state index contributed by atoms with van der Waals surface area (Å²) in [7, 11) is 0. The Morgan fingerprint density at radius 3 is 1.93 bits per heavy atom. The number of hydrogen-bond donors (Lipinski definition) is 2. The van der Waals surface area contributed by atoms with E-state index in [1.165, 1.54) is 4.90 Å². The lowest BCUT2D eigenvalue weighted by Crippen LogP contribution is -2.51. The SMILES string of the molecule is CC(C)(C)CC(C)(C)NC(=O)C(=O)N(c1ccccc1)c1ccc(N)cc1. The number of anilines is 3. The minimum Gasteiger partial charge on any atom is -0.399 e. The van der Waals surface area contributed by atoms with E-state index in [0.29, 0.717) is 17.1 Å². The minimum absolute atomic E-state index is 0.0237. The van der Waals surface area contributed by atoms with Gasteiger partial charge >= 0.3 is 11.8 Å². The molecule has 2 aromatic rings. The molecule has 0 aliphatic rings. The second-order valence-electron chi connectivity index (χ2n) is 8.64. The molecule has 2 rings (SSSR count). The molecule has 0 radical (unpaired) electrons. The summed E-state index contributed by atoms with van der Waals surface area (Å²) in [5.41, 5.74) is 7.08. The summed E-state index contributed by atoms with van der Waals surface area (Å²) < 4.78 is 0. The van der Waals surface area contributed by atoms with Gasteiger partial charge in [0.05, 0.1) is 0 Å². The van der Waals surface area contributed by atoms with Gasteiger partial charge in [0.1, 0.15) is 0 Å². The highest BCUT2D eigenvalue weighted by atomic mass is 16.2. The standard InChI is InChI=1S/C22H29N3O2/c1-21(2,3)15-22(4,5)24-19(26)20(27)25(17-9-7-6-8-10-17)18-13-11-16(23)12-14-18/h6-14H,15,23H2,1-5H3,(H,24,26). The zero-order valence-electron chi connectivity index (χ0n) is 16.7. The third kappa shape index (κ3) is 5.84. The maximum Gasteiger partial charge on any atom is 0.320 e. The molecule has 0 saturated carbocycles. The van der Waals surface area contributed by atoms with E-state index in [9.17, 15) is 9.59 Å². The summed E-state index contributed by atoms with van der Waals surface area (Å²) in [4.78, 5) is 27.2. The molecule has 5 nitrogen and oxygen atoms in total. The summed E-state index contributed by atoms with van der Waals surface area (Å²) in [5.74, 6) is -1.27. The first-order chi connectivity index (χ1) is 12.5. The van der Waals surface area contributed by atoms with Crippen LogP contribution < -0.4 is 16.0 Å². The second-order valence-corrected chi connectivity index (χ2v) is 8.64. The first kappa shape index (κ1) is 20.5. The van der Waals surface area contributed by atoms with Gasteiger partial charge in [0.15, 0.2) is 0 Å². The third-order valence-corrected chi connectivity index (χ3v) is 3.99. The maximum atomic E-state index is 13.1. The fraction of sp³-hybridized carbons (Fsp3) is 0.364. The number of nitrogens with one attached hydrogen (secondary N) is 1. The first-order valence-electron chi connectivity index (χ1n) is 9.06. The van der Waals surface area contributed by atoms with Gasteiger partial charge in [-0.25, -0.2) is 0 Å². The van der Waals surface area contributed by atoms with Crippen molar-refractivity contribution >= 4 is 28.9 Å². The summed E-state index contributed by atoms with van der Waals surface area (Å²) in [6.07, 6.45) is 0.742. The van der Waals surface area contributed by atoms with Crippen molar-refractivity contribution in [3.8, 4) is 0 Å². The van der Waals surface area contributed by atoms with E-state index in [-0.39, 0.29) is 5.41 Å². The Labute approximate surface area is 161 Å². The molecule has 0 aliphatic carbocycles. The smallest absolute Gasteiger partial charge is 0.320 e. The quantitative estimate of drug-likeness (QED) is 0.626. The van der Waals surface area contributed by atoms with Crippen LogP contribution in [0.1, 0.15) is 41.0 Å². The lowest BCUT2D eigenvalue weighted by Gasteiger charge is -2.33. The lowest BCUT2D eigenvalue weighted by atomic mass is 9.82. The zero-order chi connectivity index (χ0) is 20.2. The average Bonchev–Trinajstić information content (AvgIpc) is 2.55. The molecule has 3 N–H and O–H groups in total. The van der Waals surface area contributed by atoms with E-state index >= 15 is 0 Å². The Morgan fingerprint density at radius 2 is 1.41 bits per heavy atom. The topological polar surface area (TPSA) is 75.4 Å². The molecule has 0 unspecified atom stereocenters. The highest BCUT2D eigenvalue weighted by Crippen LogP contribution is 2.28. The Bertz CT molecular complexity index is 791. The summed E-state index contributed by atoms with van der Waals surface area (Å²) in [5, 5.41) is 2.89. The minimum atomic E-state index is -0.634. The highest BCUT2D eigenvalue weighted by Gasteiger charge is 2.32. The van der Waals surface area contributed by atoms with E-state index in [0.717, 1.165) is 6.42 Å². The number of nitrogens with two attached hydrogens (primary N) is 1. The molecule has 0 aliphatic heterocycles. The van der Waals surface area contributed by atoms with Crippen LogP contribution in [-0.4, -0.2) is 17.4 Å². The van der Waals surface area contributed by atoms with Gasteiger partial charge in [0.25, 0.3) is 0 Å². The number of hydrogen-bond acceptors (Lipinski definition) is 3. The van der Waals surface area contributed by atoms with E-state index < -0.39 is 17.4 Å². The molecule has 0 atom stereocenters. The number of carbonyl (C=O) groups excluding carboxylic acids is 2. The molecule has 27 heavy (non-hydrogen) atoms. The molecule has 0 fully saturated rings. The number of nitrogens with zero attached hydrogens (tertiary/aromatic N) is 1.